The van der Waals surface area contributed by atoms with Gasteiger partial charge in [0, 0.05) is 24.1 Å². The number of hydrogen-bond donors (Lipinski definition) is 2. The Hall–Kier alpha value is -2.83. The molecule has 0 radical (unpaired) electrons. The van der Waals surface area contributed by atoms with Crippen LogP contribution in [0, 0.1) is 11.6 Å². The van der Waals surface area contributed by atoms with Gasteiger partial charge in [0.2, 0.25) is 0 Å². The molecule has 1 aliphatic rings. The molecule has 1 aliphatic carbocycles. The van der Waals surface area contributed by atoms with Crippen LogP contribution < -0.4 is 20.1 Å². The van der Waals surface area contributed by atoms with Crippen molar-refractivity contribution < 1.29 is 23.0 Å². The van der Waals surface area contributed by atoms with Crippen LogP contribution in [0.3, 0.4) is 0 Å². The summed E-state index contributed by atoms with van der Waals surface area (Å²) in [7, 11) is 3.09. The number of carbonyl (C=O) groups is 1. The highest BCUT2D eigenvalue weighted by molar-refractivity contribution is 5.75. The van der Waals surface area contributed by atoms with Crippen LogP contribution in [0.2, 0.25) is 0 Å². The summed E-state index contributed by atoms with van der Waals surface area (Å²) in [5.74, 6) is -0.309. The monoisotopic (exact) mass is 362 g/mol. The van der Waals surface area contributed by atoms with Crippen LogP contribution in [0.5, 0.6) is 11.5 Å². The maximum absolute atomic E-state index is 13.8. The second-order valence-electron chi connectivity index (χ2n) is 6.10. The first kappa shape index (κ1) is 18.0. The molecule has 2 aromatic carbocycles. The van der Waals surface area contributed by atoms with Gasteiger partial charge >= 0.3 is 6.03 Å². The molecule has 0 spiro atoms. The van der Waals surface area contributed by atoms with E-state index < -0.39 is 11.6 Å². The predicted octanol–water partition coefficient (Wildman–Crippen LogP) is 3.34. The van der Waals surface area contributed by atoms with Gasteiger partial charge in [0.25, 0.3) is 0 Å². The van der Waals surface area contributed by atoms with E-state index in [1.54, 1.807) is 19.2 Å². The average molecular weight is 362 g/mol. The lowest BCUT2D eigenvalue weighted by atomic mass is 10.1. The van der Waals surface area contributed by atoms with Crippen molar-refractivity contribution in [2.24, 2.45) is 0 Å². The van der Waals surface area contributed by atoms with E-state index in [9.17, 15) is 13.6 Å². The third-order valence-corrected chi connectivity index (χ3v) is 4.38. The van der Waals surface area contributed by atoms with E-state index in [0.717, 1.165) is 5.56 Å². The third kappa shape index (κ3) is 3.87. The number of urea groups is 1. The molecule has 0 bridgehead atoms. The predicted molar refractivity (Wildman–Crippen MR) is 92.4 cm³/mol. The summed E-state index contributed by atoms with van der Waals surface area (Å²) < 4.78 is 37.9. The molecule has 5 nitrogen and oxygen atoms in total. The van der Waals surface area contributed by atoms with Crippen molar-refractivity contribution in [1.82, 2.24) is 10.6 Å². The summed E-state index contributed by atoms with van der Waals surface area (Å²) in [6.07, 6.45) is 0.516. The molecule has 138 valence electrons. The van der Waals surface area contributed by atoms with Gasteiger partial charge in [0.1, 0.15) is 11.6 Å². The van der Waals surface area contributed by atoms with Crippen molar-refractivity contribution >= 4 is 6.03 Å². The summed E-state index contributed by atoms with van der Waals surface area (Å²) in [6, 6.07) is 8.47. The molecule has 1 saturated carbocycles. The Morgan fingerprint density at radius 2 is 1.81 bits per heavy atom. The van der Waals surface area contributed by atoms with Gasteiger partial charge in [0.05, 0.1) is 14.2 Å². The zero-order chi connectivity index (χ0) is 18.7. The van der Waals surface area contributed by atoms with Crippen LogP contribution in [0.15, 0.2) is 36.4 Å². The summed E-state index contributed by atoms with van der Waals surface area (Å²) >= 11 is 0. The first-order valence-corrected chi connectivity index (χ1v) is 8.22. The molecule has 0 aliphatic heterocycles. The van der Waals surface area contributed by atoms with E-state index in [-0.39, 0.29) is 30.1 Å². The molecule has 7 heteroatoms. The Morgan fingerprint density at radius 1 is 1.12 bits per heavy atom. The fourth-order valence-electron chi connectivity index (χ4n) is 2.93. The largest absolute Gasteiger partial charge is 0.493 e. The summed E-state index contributed by atoms with van der Waals surface area (Å²) in [5.41, 5.74) is 0.878. The molecule has 1 fully saturated rings. The molecule has 2 atom stereocenters. The standard InChI is InChI=1S/C19H20F2N2O3/c1-25-16-7-6-11(8-17(16)26-2)10-22-19(24)23-15-9-12(15)18-13(20)4-3-5-14(18)21/h3-8,12,15H,9-10H2,1-2H3,(H2,22,23,24)/t12-,15-/m0/s1. The number of methoxy groups -OCH3 is 2. The molecule has 0 heterocycles. The molecule has 26 heavy (non-hydrogen) atoms. The number of ether oxygens (including phenoxy) is 2. The SMILES string of the molecule is COc1ccc(CNC(=O)N[C@H]2C[C@@H]2c2c(F)cccc2F)cc1OC. The fraction of sp³-hybridized carbons (Fsp3) is 0.316. The van der Waals surface area contributed by atoms with Crippen molar-refractivity contribution in [2.75, 3.05) is 14.2 Å². The van der Waals surface area contributed by atoms with Gasteiger partial charge in [-0.2, -0.15) is 0 Å². The van der Waals surface area contributed by atoms with Crippen LogP contribution in [-0.4, -0.2) is 26.3 Å². The molecule has 2 N–H and O–H groups in total. The van der Waals surface area contributed by atoms with Crippen LogP contribution >= 0.6 is 0 Å². The summed E-state index contributed by atoms with van der Waals surface area (Å²) in [5, 5.41) is 5.47. The molecule has 3 rings (SSSR count). The maximum atomic E-state index is 13.8. The van der Waals surface area contributed by atoms with E-state index in [4.69, 9.17) is 9.47 Å². The van der Waals surface area contributed by atoms with E-state index in [1.165, 1.54) is 25.3 Å². The van der Waals surface area contributed by atoms with Crippen LogP contribution in [0.1, 0.15) is 23.5 Å². The Morgan fingerprint density at radius 3 is 2.46 bits per heavy atom. The van der Waals surface area contributed by atoms with E-state index in [2.05, 4.69) is 10.6 Å². The number of nitrogens with one attached hydrogen (secondary N) is 2. The highest BCUT2D eigenvalue weighted by Gasteiger charge is 2.42. The van der Waals surface area contributed by atoms with Crippen molar-refractivity contribution in [3.8, 4) is 11.5 Å². The lowest BCUT2D eigenvalue weighted by Crippen LogP contribution is -2.37. The second-order valence-corrected chi connectivity index (χ2v) is 6.10. The van der Waals surface area contributed by atoms with Gasteiger partial charge in [0.15, 0.2) is 11.5 Å². The minimum atomic E-state index is -0.579. The van der Waals surface area contributed by atoms with Gasteiger partial charge in [-0.15, -0.1) is 0 Å². The van der Waals surface area contributed by atoms with Crippen molar-refractivity contribution in [2.45, 2.75) is 24.9 Å². The van der Waals surface area contributed by atoms with E-state index in [1.807, 2.05) is 6.07 Å². The lowest BCUT2D eigenvalue weighted by molar-refractivity contribution is 0.240. The van der Waals surface area contributed by atoms with Crippen molar-refractivity contribution in [3.05, 3.63) is 59.2 Å². The second kappa shape index (κ2) is 7.59. The van der Waals surface area contributed by atoms with Crippen molar-refractivity contribution in [3.63, 3.8) is 0 Å². The zero-order valence-corrected chi connectivity index (χ0v) is 14.5. The Kier molecular flexibility index (Phi) is 5.25. The highest BCUT2D eigenvalue weighted by atomic mass is 19.1. The number of halogens is 2. The molecule has 2 aromatic rings. The Bertz CT molecular complexity index is 793. The van der Waals surface area contributed by atoms with Gasteiger partial charge in [-0.25, -0.2) is 13.6 Å². The topological polar surface area (TPSA) is 59.6 Å². The molecule has 0 saturated heterocycles. The van der Waals surface area contributed by atoms with Crippen molar-refractivity contribution in [1.29, 1.82) is 0 Å². The summed E-state index contributed by atoms with van der Waals surface area (Å²) in [4.78, 5) is 12.0. The van der Waals surface area contributed by atoms with Crippen LogP contribution in [0.4, 0.5) is 13.6 Å². The number of benzene rings is 2. The lowest BCUT2D eigenvalue weighted by Gasteiger charge is -2.11. The van der Waals surface area contributed by atoms with Gasteiger partial charge in [-0.05, 0) is 36.2 Å². The van der Waals surface area contributed by atoms with Gasteiger partial charge in [-0.3, -0.25) is 0 Å². The first-order valence-electron chi connectivity index (χ1n) is 8.22. The third-order valence-electron chi connectivity index (χ3n) is 4.38. The number of carbonyl (C=O) groups excluding carboxylic acids is 1. The minimum absolute atomic E-state index is 0.0395. The maximum Gasteiger partial charge on any atom is 0.315 e. The van der Waals surface area contributed by atoms with Crippen LogP contribution in [-0.2, 0) is 6.54 Å². The van der Waals surface area contributed by atoms with E-state index >= 15 is 0 Å². The smallest absolute Gasteiger partial charge is 0.315 e. The fourth-order valence-corrected chi connectivity index (χ4v) is 2.93. The van der Waals surface area contributed by atoms with Gasteiger partial charge < -0.3 is 20.1 Å². The van der Waals surface area contributed by atoms with Crippen LogP contribution in [0.25, 0.3) is 0 Å². The molecular weight excluding hydrogens is 342 g/mol. The van der Waals surface area contributed by atoms with Gasteiger partial charge in [-0.1, -0.05) is 12.1 Å². The molecular formula is C19H20F2N2O3. The van der Waals surface area contributed by atoms with E-state index in [0.29, 0.717) is 17.9 Å². The average Bonchev–Trinajstić information content (AvgIpc) is 3.38. The zero-order valence-electron chi connectivity index (χ0n) is 14.5. The number of rotatable bonds is 6. The first-order chi connectivity index (χ1) is 12.5. The number of hydrogen-bond acceptors (Lipinski definition) is 3. The normalized spacial score (nSPS) is 18.2. The Balaban J connectivity index is 1.53. The minimum Gasteiger partial charge on any atom is -0.493 e. The molecule has 0 unspecified atom stereocenters. The quantitative estimate of drug-likeness (QED) is 0.829. The Labute approximate surface area is 150 Å². The number of amides is 2. The highest BCUT2D eigenvalue weighted by Crippen LogP contribution is 2.43. The summed E-state index contributed by atoms with van der Waals surface area (Å²) in [6.45, 7) is 0.289. The molecule has 2 amide bonds. The molecule has 0 aromatic heterocycles.